The molecule has 0 saturated heterocycles. The number of ether oxygens (including phenoxy) is 1. The average molecular weight is 512 g/mol. The number of primary amides is 1. The third-order valence-electron chi connectivity index (χ3n) is 3.47. The van der Waals surface area contributed by atoms with Crippen LogP contribution in [0.25, 0.3) is 0 Å². The maximum absolute atomic E-state index is 13.0. The van der Waals surface area contributed by atoms with E-state index in [1.807, 2.05) is 18.2 Å². The Morgan fingerprint density at radius 3 is 2.18 bits per heavy atom. The maximum atomic E-state index is 13.0. The summed E-state index contributed by atoms with van der Waals surface area (Å²) in [6.07, 6.45) is -3.64. The van der Waals surface area contributed by atoms with E-state index in [9.17, 15) is 36.7 Å². The van der Waals surface area contributed by atoms with Gasteiger partial charge in [-0.1, -0.05) is 41.9 Å². The van der Waals surface area contributed by atoms with Gasteiger partial charge in [-0.05, 0) is 23.2 Å². The van der Waals surface area contributed by atoms with Crippen LogP contribution >= 0.6 is 23.2 Å². The molecule has 0 atom stereocenters. The van der Waals surface area contributed by atoms with Gasteiger partial charge in [0, 0.05) is 6.54 Å². The van der Waals surface area contributed by atoms with Crippen LogP contribution in [0.1, 0.15) is 11.3 Å². The number of esters is 1. The molecule has 1 heterocycles. The molecule has 0 radical (unpaired) electrons. The summed E-state index contributed by atoms with van der Waals surface area (Å²) in [6.45, 7) is -1.68. The van der Waals surface area contributed by atoms with Crippen molar-refractivity contribution in [3.63, 3.8) is 0 Å². The molecule has 0 unspecified atom stereocenters. The van der Waals surface area contributed by atoms with Crippen molar-refractivity contribution in [3.05, 3.63) is 64.7 Å². The van der Waals surface area contributed by atoms with E-state index in [2.05, 4.69) is 21.3 Å². The van der Waals surface area contributed by atoms with Crippen LogP contribution < -0.4 is 5.73 Å². The second kappa shape index (κ2) is 12.7. The van der Waals surface area contributed by atoms with Crippen molar-refractivity contribution in [1.29, 1.82) is 0 Å². The molecule has 2 rings (SSSR count). The number of nitrogens with zero attached hydrogens (tertiary/aromatic N) is 2. The minimum Gasteiger partial charge on any atom is -0.449 e. The average Bonchev–Trinajstić information content (AvgIpc) is 2.73. The third kappa shape index (κ3) is 10.7. The van der Waals surface area contributed by atoms with E-state index in [0.717, 1.165) is 17.8 Å². The Labute approximate surface area is 194 Å². The molecule has 0 aliphatic rings. The largest absolute Gasteiger partial charge is 0.449 e. The van der Waals surface area contributed by atoms with Crippen molar-refractivity contribution in [3.8, 4) is 0 Å². The Balaban J connectivity index is 0.000000420. The van der Waals surface area contributed by atoms with Gasteiger partial charge in [-0.3, -0.25) is 19.4 Å². The van der Waals surface area contributed by atoms with Gasteiger partial charge < -0.3 is 15.4 Å². The zero-order valence-electron chi connectivity index (χ0n) is 16.4. The van der Waals surface area contributed by atoms with Gasteiger partial charge in [-0.2, -0.15) is 13.2 Å². The van der Waals surface area contributed by atoms with Crippen molar-refractivity contribution in [2.24, 2.45) is 5.73 Å². The first-order valence-corrected chi connectivity index (χ1v) is 9.41. The molecule has 0 saturated carbocycles. The fourth-order valence-electron chi connectivity index (χ4n) is 2.10. The molecule has 0 fully saturated rings. The summed E-state index contributed by atoms with van der Waals surface area (Å²) in [6, 6.07) is 10.2. The zero-order valence-corrected chi connectivity index (χ0v) is 18.0. The first-order chi connectivity index (χ1) is 15.3. The van der Waals surface area contributed by atoms with Gasteiger partial charge in [0.05, 0.1) is 23.5 Å². The van der Waals surface area contributed by atoms with Crippen molar-refractivity contribution in [2.45, 2.75) is 19.3 Å². The molecule has 0 aliphatic carbocycles. The van der Waals surface area contributed by atoms with E-state index in [4.69, 9.17) is 17.3 Å². The predicted molar refractivity (Wildman–Crippen MR) is 107 cm³/mol. The maximum Gasteiger partial charge on any atom is 0.422 e. The third-order valence-corrected chi connectivity index (χ3v) is 3.95. The fourth-order valence-corrected chi connectivity index (χ4v) is 2.37. The SMILES string of the molecule is NC(=O)C(=O)N(Cc1ccccc1)Cc1ncc(F)cc1Cl.O=C(Cl)C(=O)OCC(F)(F)F. The smallest absolute Gasteiger partial charge is 0.422 e. The Hall–Kier alpha value is -3.25. The monoisotopic (exact) mass is 511 g/mol. The summed E-state index contributed by atoms with van der Waals surface area (Å²) in [5, 5.41) is -1.50. The second-order valence-electron chi connectivity index (χ2n) is 6.06. The van der Waals surface area contributed by atoms with Gasteiger partial charge in [-0.15, -0.1) is 0 Å². The Kier molecular flexibility index (Phi) is 10.7. The second-order valence-corrected chi connectivity index (χ2v) is 6.81. The number of pyridine rings is 1. The number of hydrogen-bond acceptors (Lipinski definition) is 6. The number of rotatable bonds is 6. The van der Waals surface area contributed by atoms with E-state index in [1.54, 1.807) is 12.1 Å². The molecule has 0 aliphatic heterocycles. The number of halogens is 6. The van der Waals surface area contributed by atoms with E-state index in [0.29, 0.717) is 0 Å². The Morgan fingerprint density at radius 1 is 1.09 bits per heavy atom. The lowest BCUT2D eigenvalue weighted by molar-refractivity contribution is -0.185. The van der Waals surface area contributed by atoms with Crippen molar-refractivity contribution in [1.82, 2.24) is 9.88 Å². The Morgan fingerprint density at radius 2 is 1.70 bits per heavy atom. The molecule has 0 spiro atoms. The summed E-state index contributed by atoms with van der Waals surface area (Å²) in [4.78, 5) is 47.9. The molecule has 1 aromatic heterocycles. The minimum atomic E-state index is -4.64. The van der Waals surface area contributed by atoms with E-state index < -0.39 is 41.6 Å². The topological polar surface area (TPSA) is 120 Å². The van der Waals surface area contributed by atoms with Crippen molar-refractivity contribution >= 4 is 46.2 Å². The highest BCUT2D eigenvalue weighted by Crippen LogP contribution is 2.18. The van der Waals surface area contributed by atoms with Gasteiger partial charge in [-0.25, -0.2) is 9.18 Å². The lowest BCUT2D eigenvalue weighted by Crippen LogP contribution is -2.39. The molecule has 2 N–H and O–H groups in total. The Bertz CT molecular complexity index is 1010. The van der Waals surface area contributed by atoms with Crippen molar-refractivity contribution < 1.29 is 41.5 Å². The van der Waals surface area contributed by atoms with Gasteiger partial charge in [0.25, 0.3) is 0 Å². The molecule has 8 nitrogen and oxygen atoms in total. The number of carbonyl (C=O) groups is 4. The highest BCUT2D eigenvalue weighted by molar-refractivity contribution is 6.80. The van der Waals surface area contributed by atoms with Crippen LogP contribution in [0.5, 0.6) is 0 Å². The normalized spacial score (nSPS) is 10.5. The summed E-state index contributed by atoms with van der Waals surface area (Å²) in [7, 11) is 0. The molecule has 0 bridgehead atoms. The predicted octanol–water partition coefficient (Wildman–Crippen LogP) is 2.75. The summed E-state index contributed by atoms with van der Waals surface area (Å²) < 4.78 is 50.2. The number of hydrogen-bond donors (Lipinski definition) is 1. The van der Waals surface area contributed by atoms with Crippen LogP contribution in [-0.2, 0) is 37.0 Å². The standard InChI is InChI=1S/C15H13ClFN3O2.C4H2ClF3O3/c16-12-6-11(17)7-19-13(12)9-20(15(22)14(18)21)8-10-4-2-1-3-5-10;5-2(9)3(10)11-1-4(6,7)8/h1-7H,8-9H2,(H2,18,21);1H2. The van der Waals surface area contributed by atoms with Gasteiger partial charge in [0.1, 0.15) is 5.82 Å². The van der Waals surface area contributed by atoms with Crippen LogP contribution in [0.15, 0.2) is 42.6 Å². The fraction of sp³-hybridized carbons (Fsp3) is 0.211. The van der Waals surface area contributed by atoms with E-state index in [-0.39, 0.29) is 23.8 Å². The van der Waals surface area contributed by atoms with E-state index >= 15 is 0 Å². The van der Waals surface area contributed by atoms with E-state index in [1.165, 1.54) is 4.90 Å². The summed E-state index contributed by atoms with van der Waals surface area (Å²) in [5.74, 6) is -4.21. The molecule has 1 aromatic carbocycles. The highest BCUT2D eigenvalue weighted by Gasteiger charge is 2.30. The molecule has 33 heavy (non-hydrogen) atoms. The molecular formula is C19H15Cl2F4N3O5. The molecular weight excluding hydrogens is 497 g/mol. The first kappa shape index (κ1) is 27.8. The quantitative estimate of drug-likeness (QED) is 0.275. The lowest BCUT2D eigenvalue weighted by atomic mass is 10.2. The number of nitrogens with two attached hydrogens (primary N) is 1. The molecule has 178 valence electrons. The van der Waals surface area contributed by atoms with Crippen LogP contribution in [-0.4, -0.2) is 45.7 Å². The summed E-state index contributed by atoms with van der Waals surface area (Å²) in [5.41, 5.74) is 6.16. The lowest BCUT2D eigenvalue weighted by Gasteiger charge is -2.21. The zero-order chi connectivity index (χ0) is 25.2. The van der Waals surface area contributed by atoms with Gasteiger partial charge in [0.15, 0.2) is 6.61 Å². The van der Waals surface area contributed by atoms with Crippen LogP contribution in [0.3, 0.4) is 0 Å². The number of amides is 2. The number of alkyl halides is 3. The molecule has 2 amide bonds. The first-order valence-electron chi connectivity index (χ1n) is 8.66. The van der Waals surface area contributed by atoms with Gasteiger partial charge in [0.2, 0.25) is 0 Å². The van der Waals surface area contributed by atoms with Gasteiger partial charge >= 0.3 is 29.2 Å². The minimum absolute atomic E-state index is 0.0459. The summed E-state index contributed by atoms with van der Waals surface area (Å²) >= 11 is 10.4. The number of carbonyl (C=O) groups excluding carboxylic acids is 4. The number of aromatic nitrogens is 1. The van der Waals surface area contributed by atoms with Crippen molar-refractivity contribution in [2.75, 3.05) is 6.61 Å². The highest BCUT2D eigenvalue weighted by atomic mass is 35.5. The van der Waals surface area contributed by atoms with Crippen LogP contribution in [0.4, 0.5) is 17.6 Å². The van der Waals surface area contributed by atoms with Crippen LogP contribution in [0, 0.1) is 5.82 Å². The van der Waals surface area contributed by atoms with Crippen LogP contribution in [0.2, 0.25) is 5.02 Å². The molecule has 2 aromatic rings. The number of benzene rings is 1. The molecule has 14 heteroatoms.